The first kappa shape index (κ1) is 8.79. The van der Waals surface area contributed by atoms with Crippen LogP contribution in [0.25, 0.3) is 10.8 Å². The Bertz CT molecular complexity index is 466. The fourth-order valence-corrected chi connectivity index (χ4v) is 1.77. The fourth-order valence-electron chi connectivity index (χ4n) is 1.30. The summed E-state index contributed by atoms with van der Waals surface area (Å²) in [7, 11) is 0. The summed E-state index contributed by atoms with van der Waals surface area (Å²) in [5, 5.41) is 3.17. The molecule has 0 N–H and O–H groups in total. The SMILES string of the molecule is Cc1cc2ccncc2c(Cl)c1Cl. The predicted molar refractivity (Wildman–Crippen MR) is 56.5 cm³/mol. The molecule has 0 fully saturated rings. The molecule has 0 unspecified atom stereocenters. The molecule has 2 aromatic rings. The van der Waals surface area contributed by atoms with Gasteiger partial charge in [0, 0.05) is 17.8 Å². The monoisotopic (exact) mass is 211 g/mol. The smallest absolute Gasteiger partial charge is 0.0688 e. The molecule has 0 saturated heterocycles. The molecule has 0 aliphatic heterocycles. The van der Waals surface area contributed by atoms with Crippen molar-refractivity contribution in [2.75, 3.05) is 0 Å². The van der Waals surface area contributed by atoms with Crippen LogP contribution in [-0.2, 0) is 0 Å². The third kappa shape index (κ3) is 1.38. The van der Waals surface area contributed by atoms with Crippen LogP contribution in [0.15, 0.2) is 24.5 Å². The van der Waals surface area contributed by atoms with Crippen molar-refractivity contribution in [3.05, 3.63) is 40.1 Å². The van der Waals surface area contributed by atoms with E-state index in [4.69, 9.17) is 23.2 Å². The van der Waals surface area contributed by atoms with E-state index in [-0.39, 0.29) is 0 Å². The topological polar surface area (TPSA) is 12.9 Å². The van der Waals surface area contributed by atoms with Gasteiger partial charge in [-0.3, -0.25) is 4.98 Å². The molecule has 1 nitrogen and oxygen atoms in total. The summed E-state index contributed by atoms with van der Waals surface area (Å²) in [5.74, 6) is 0. The molecule has 2 rings (SSSR count). The lowest BCUT2D eigenvalue weighted by molar-refractivity contribution is 1.36. The number of fused-ring (bicyclic) bond motifs is 1. The lowest BCUT2D eigenvalue weighted by atomic mass is 10.1. The summed E-state index contributed by atoms with van der Waals surface area (Å²) in [5.41, 5.74) is 0.991. The molecule has 0 aliphatic rings. The molecule has 3 heteroatoms. The molecule has 0 radical (unpaired) electrons. The van der Waals surface area contributed by atoms with Gasteiger partial charge >= 0.3 is 0 Å². The van der Waals surface area contributed by atoms with Crippen molar-refractivity contribution in [1.82, 2.24) is 4.98 Å². The van der Waals surface area contributed by atoms with E-state index in [2.05, 4.69) is 4.98 Å². The van der Waals surface area contributed by atoms with Gasteiger partial charge in [-0.2, -0.15) is 0 Å². The third-order valence-corrected chi connectivity index (χ3v) is 2.98. The lowest BCUT2D eigenvalue weighted by Gasteiger charge is -2.04. The van der Waals surface area contributed by atoms with Crippen LogP contribution in [0.4, 0.5) is 0 Å². The summed E-state index contributed by atoms with van der Waals surface area (Å²) < 4.78 is 0. The minimum absolute atomic E-state index is 0.588. The Labute approximate surface area is 86.3 Å². The maximum Gasteiger partial charge on any atom is 0.0688 e. The Morgan fingerprint density at radius 2 is 2.00 bits per heavy atom. The van der Waals surface area contributed by atoms with Gasteiger partial charge in [-0.25, -0.2) is 0 Å². The van der Waals surface area contributed by atoms with Crippen LogP contribution in [0.5, 0.6) is 0 Å². The molecule has 0 amide bonds. The number of hydrogen-bond donors (Lipinski definition) is 0. The second-order valence-electron chi connectivity index (χ2n) is 2.92. The number of halogens is 2. The molecule has 0 aliphatic carbocycles. The Morgan fingerprint density at radius 1 is 1.23 bits per heavy atom. The molecular formula is C10H7Cl2N. The Hall–Kier alpha value is -0.790. The predicted octanol–water partition coefficient (Wildman–Crippen LogP) is 3.85. The van der Waals surface area contributed by atoms with Gasteiger partial charge in [-0.1, -0.05) is 23.2 Å². The largest absolute Gasteiger partial charge is 0.264 e. The Morgan fingerprint density at radius 3 is 2.77 bits per heavy atom. The number of aromatic nitrogens is 1. The van der Waals surface area contributed by atoms with Crippen molar-refractivity contribution in [3.63, 3.8) is 0 Å². The summed E-state index contributed by atoms with van der Waals surface area (Å²) in [6.07, 6.45) is 3.47. The first-order valence-electron chi connectivity index (χ1n) is 3.88. The van der Waals surface area contributed by atoms with Crippen molar-refractivity contribution in [1.29, 1.82) is 0 Å². The summed E-state index contributed by atoms with van der Waals surface area (Å²) in [6.45, 7) is 1.94. The number of rotatable bonds is 0. The first-order chi connectivity index (χ1) is 6.20. The van der Waals surface area contributed by atoms with Gasteiger partial charge in [-0.15, -0.1) is 0 Å². The van der Waals surface area contributed by atoms with Gasteiger partial charge in [-0.05, 0) is 30.0 Å². The average molecular weight is 212 g/mol. The maximum atomic E-state index is 6.06. The maximum absolute atomic E-state index is 6.06. The standard InChI is InChI=1S/C10H7Cl2N/c1-6-4-7-2-3-13-5-8(7)10(12)9(6)11/h2-5H,1H3. The molecule has 0 atom stereocenters. The number of nitrogens with zero attached hydrogens (tertiary/aromatic N) is 1. The highest BCUT2D eigenvalue weighted by atomic mass is 35.5. The first-order valence-corrected chi connectivity index (χ1v) is 4.64. The van der Waals surface area contributed by atoms with Crippen LogP contribution >= 0.6 is 23.2 Å². The van der Waals surface area contributed by atoms with Crippen LogP contribution in [0.1, 0.15) is 5.56 Å². The second kappa shape index (κ2) is 3.17. The zero-order chi connectivity index (χ0) is 9.42. The van der Waals surface area contributed by atoms with Gasteiger partial charge in [0.1, 0.15) is 0 Å². The number of aryl methyl sites for hydroxylation is 1. The molecule has 1 aromatic carbocycles. The van der Waals surface area contributed by atoms with E-state index in [1.807, 2.05) is 19.1 Å². The van der Waals surface area contributed by atoms with E-state index in [1.165, 1.54) is 0 Å². The van der Waals surface area contributed by atoms with E-state index in [1.54, 1.807) is 12.4 Å². The highest BCUT2D eigenvalue weighted by molar-refractivity contribution is 6.45. The minimum Gasteiger partial charge on any atom is -0.264 e. The van der Waals surface area contributed by atoms with Crippen LogP contribution < -0.4 is 0 Å². The van der Waals surface area contributed by atoms with Gasteiger partial charge in [0.2, 0.25) is 0 Å². The molecule has 13 heavy (non-hydrogen) atoms. The van der Waals surface area contributed by atoms with Crippen LogP contribution in [0.2, 0.25) is 10.0 Å². The molecule has 1 aromatic heterocycles. The van der Waals surface area contributed by atoms with E-state index in [0.29, 0.717) is 10.0 Å². The lowest BCUT2D eigenvalue weighted by Crippen LogP contribution is -1.82. The van der Waals surface area contributed by atoms with Crippen LogP contribution in [0.3, 0.4) is 0 Å². The number of pyridine rings is 1. The van der Waals surface area contributed by atoms with Gasteiger partial charge < -0.3 is 0 Å². The molecule has 66 valence electrons. The number of hydrogen-bond acceptors (Lipinski definition) is 1. The van der Waals surface area contributed by atoms with Crippen molar-refractivity contribution >= 4 is 34.0 Å². The third-order valence-electron chi connectivity index (χ3n) is 2.00. The molecule has 0 saturated carbocycles. The van der Waals surface area contributed by atoms with E-state index in [9.17, 15) is 0 Å². The van der Waals surface area contributed by atoms with Crippen molar-refractivity contribution in [2.24, 2.45) is 0 Å². The quantitative estimate of drug-likeness (QED) is 0.646. The number of benzene rings is 1. The van der Waals surface area contributed by atoms with Crippen molar-refractivity contribution in [2.45, 2.75) is 6.92 Å². The van der Waals surface area contributed by atoms with Crippen molar-refractivity contribution < 1.29 is 0 Å². The zero-order valence-electron chi connectivity index (χ0n) is 7.01. The normalized spacial score (nSPS) is 10.7. The van der Waals surface area contributed by atoms with E-state index in [0.717, 1.165) is 16.3 Å². The van der Waals surface area contributed by atoms with Gasteiger partial charge in [0.25, 0.3) is 0 Å². The molecule has 1 heterocycles. The zero-order valence-corrected chi connectivity index (χ0v) is 8.52. The summed E-state index contributed by atoms with van der Waals surface area (Å²) in [6, 6.07) is 3.93. The molecule has 0 spiro atoms. The van der Waals surface area contributed by atoms with E-state index >= 15 is 0 Å². The van der Waals surface area contributed by atoms with Crippen molar-refractivity contribution in [3.8, 4) is 0 Å². The average Bonchev–Trinajstić information content (AvgIpc) is 2.15. The Kier molecular flexibility index (Phi) is 2.14. The van der Waals surface area contributed by atoms with Gasteiger partial charge in [0.15, 0.2) is 0 Å². The van der Waals surface area contributed by atoms with E-state index < -0.39 is 0 Å². The fraction of sp³-hybridized carbons (Fsp3) is 0.100. The minimum atomic E-state index is 0.588. The Balaban J connectivity index is 2.94. The second-order valence-corrected chi connectivity index (χ2v) is 3.67. The summed E-state index contributed by atoms with van der Waals surface area (Å²) >= 11 is 12.1. The highest BCUT2D eigenvalue weighted by Crippen LogP contribution is 2.32. The highest BCUT2D eigenvalue weighted by Gasteiger charge is 2.06. The molecule has 0 bridgehead atoms. The van der Waals surface area contributed by atoms with Crippen LogP contribution in [0, 0.1) is 6.92 Å². The molecular weight excluding hydrogens is 205 g/mol. The summed E-state index contributed by atoms with van der Waals surface area (Å²) in [4.78, 5) is 4.00. The van der Waals surface area contributed by atoms with Gasteiger partial charge in [0.05, 0.1) is 10.0 Å². The van der Waals surface area contributed by atoms with Crippen LogP contribution in [-0.4, -0.2) is 4.98 Å².